The summed E-state index contributed by atoms with van der Waals surface area (Å²) in [5, 5.41) is 3.67. The molecule has 3 N–H and O–H groups in total. The highest BCUT2D eigenvalue weighted by Gasteiger charge is 2.35. The number of nitrogens with two attached hydrogens (primary N) is 1. The SMILES string of the molecule is NCC[C@@H]1C[C@@H]2CCC[C@@H]2N1. The highest BCUT2D eigenvalue weighted by Crippen LogP contribution is 2.35. The van der Waals surface area contributed by atoms with Crippen molar-refractivity contribution in [3.63, 3.8) is 0 Å². The third kappa shape index (κ3) is 1.42. The Hall–Kier alpha value is -0.0800. The van der Waals surface area contributed by atoms with Crippen molar-refractivity contribution < 1.29 is 0 Å². The normalized spacial score (nSPS) is 42.8. The fourth-order valence-electron chi connectivity index (χ4n) is 2.68. The van der Waals surface area contributed by atoms with E-state index in [1.807, 2.05) is 0 Å². The first-order chi connectivity index (χ1) is 5.40. The van der Waals surface area contributed by atoms with Gasteiger partial charge in [0.2, 0.25) is 0 Å². The minimum Gasteiger partial charge on any atom is -0.330 e. The van der Waals surface area contributed by atoms with E-state index in [2.05, 4.69) is 5.32 Å². The Morgan fingerprint density at radius 2 is 2.27 bits per heavy atom. The second kappa shape index (κ2) is 3.11. The Bertz CT molecular complexity index is 124. The van der Waals surface area contributed by atoms with Gasteiger partial charge >= 0.3 is 0 Å². The Morgan fingerprint density at radius 1 is 1.36 bits per heavy atom. The number of fused-ring (bicyclic) bond motifs is 1. The van der Waals surface area contributed by atoms with Crippen molar-refractivity contribution in [2.24, 2.45) is 11.7 Å². The van der Waals surface area contributed by atoms with E-state index >= 15 is 0 Å². The molecule has 0 unspecified atom stereocenters. The molecule has 2 aliphatic rings. The molecular weight excluding hydrogens is 136 g/mol. The van der Waals surface area contributed by atoms with Crippen LogP contribution in [0.4, 0.5) is 0 Å². The molecule has 0 aromatic carbocycles. The molecule has 1 saturated carbocycles. The minimum absolute atomic E-state index is 0.746. The zero-order valence-electron chi connectivity index (χ0n) is 7.05. The van der Waals surface area contributed by atoms with Crippen LogP contribution < -0.4 is 11.1 Å². The van der Waals surface area contributed by atoms with Gasteiger partial charge in [-0.2, -0.15) is 0 Å². The summed E-state index contributed by atoms with van der Waals surface area (Å²) in [7, 11) is 0. The Kier molecular flexibility index (Phi) is 2.14. The van der Waals surface area contributed by atoms with Gasteiger partial charge in [0.05, 0.1) is 0 Å². The van der Waals surface area contributed by atoms with Gasteiger partial charge in [-0.05, 0) is 38.1 Å². The van der Waals surface area contributed by atoms with Gasteiger partial charge in [-0.3, -0.25) is 0 Å². The van der Waals surface area contributed by atoms with Crippen LogP contribution in [-0.2, 0) is 0 Å². The first kappa shape index (κ1) is 7.56. The van der Waals surface area contributed by atoms with Gasteiger partial charge < -0.3 is 11.1 Å². The molecule has 1 saturated heterocycles. The van der Waals surface area contributed by atoms with Crippen molar-refractivity contribution in [3.8, 4) is 0 Å². The van der Waals surface area contributed by atoms with Crippen molar-refractivity contribution in [2.45, 2.75) is 44.2 Å². The lowest BCUT2D eigenvalue weighted by Crippen LogP contribution is -2.30. The lowest BCUT2D eigenvalue weighted by atomic mass is 10.0. The summed E-state index contributed by atoms with van der Waals surface area (Å²) < 4.78 is 0. The van der Waals surface area contributed by atoms with Gasteiger partial charge in [-0.1, -0.05) is 6.42 Å². The van der Waals surface area contributed by atoms with E-state index in [1.54, 1.807) is 0 Å². The maximum atomic E-state index is 5.52. The second-order valence-corrected chi connectivity index (χ2v) is 3.97. The molecule has 0 radical (unpaired) electrons. The van der Waals surface area contributed by atoms with Crippen LogP contribution in [0.5, 0.6) is 0 Å². The lowest BCUT2D eigenvalue weighted by Gasteiger charge is -2.10. The molecule has 2 nitrogen and oxygen atoms in total. The molecule has 0 spiro atoms. The van der Waals surface area contributed by atoms with Crippen LogP contribution in [0.25, 0.3) is 0 Å². The van der Waals surface area contributed by atoms with Gasteiger partial charge in [0.15, 0.2) is 0 Å². The summed E-state index contributed by atoms with van der Waals surface area (Å²) in [4.78, 5) is 0. The smallest absolute Gasteiger partial charge is 0.00985 e. The molecule has 11 heavy (non-hydrogen) atoms. The molecule has 0 bridgehead atoms. The monoisotopic (exact) mass is 154 g/mol. The molecule has 1 aliphatic heterocycles. The van der Waals surface area contributed by atoms with E-state index in [0.29, 0.717) is 0 Å². The quantitative estimate of drug-likeness (QED) is 0.619. The van der Waals surface area contributed by atoms with E-state index in [1.165, 1.54) is 32.1 Å². The molecule has 1 heterocycles. The summed E-state index contributed by atoms with van der Waals surface area (Å²) in [6.45, 7) is 0.844. The maximum Gasteiger partial charge on any atom is 0.00985 e. The maximum absolute atomic E-state index is 5.52. The summed E-state index contributed by atoms with van der Waals surface area (Å²) in [5.41, 5.74) is 5.52. The van der Waals surface area contributed by atoms with Gasteiger partial charge in [-0.25, -0.2) is 0 Å². The zero-order valence-corrected chi connectivity index (χ0v) is 7.05. The highest BCUT2D eigenvalue weighted by molar-refractivity contribution is 4.94. The van der Waals surface area contributed by atoms with Gasteiger partial charge in [0, 0.05) is 12.1 Å². The van der Waals surface area contributed by atoms with Gasteiger partial charge in [0.25, 0.3) is 0 Å². The first-order valence-electron chi connectivity index (χ1n) is 4.86. The topological polar surface area (TPSA) is 38.0 Å². The van der Waals surface area contributed by atoms with Crippen LogP contribution in [-0.4, -0.2) is 18.6 Å². The Balaban J connectivity index is 1.84. The van der Waals surface area contributed by atoms with Crippen LogP contribution >= 0.6 is 0 Å². The predicted molar refractivity (Wildman–Crippen MR) is 46.3 cm³/mol. The number of hydrogen-bond donors (Lipinski definition) is 2. The fraction of sp³-hybridized carbons (Fsp3) is 1.00. The van der Waals surface area contributed by atoms with Gasteiger partial charge in [0.1, 0.15) is 0 Å². The van der Waals surface area contributed by atoms with Crippen molar-refractivity contribution >= 4 is 0 Å². The molecule has 2 fully saturated rings. The summed E-state index contributed by atoms with van der Waals surface area (Å²) in [6.07, 6.45) is 6.87. The lowest BCUT2D eigenvalue weighted by molar-refractivity contribution is 0.506. The number of hydrogen-bond acceptors (Lipinski definition) is 2. The molecule has 3 atom stereocenters. The first-order valence-corrected chi connectivity index (χ1v) is 4.86. The predicted octanol–water partition coefficient (Wildman–Crippen LogP) is 0.866. The largest absolute Gasteiger partial charge is 0.330 e. The summed E-state index contributed by atoms with van der Waals surface area (Å²) in [5.74, 6) is 0.992. The van der Waals surface area contributed by atoms with Crippen LogP contribution in [0.2, 0.25) is 0 Å². The van der Waals surface area contributed by atoms with E-state index in [0.717, 1.165) is 24.5 Å². The molecule has 0 aromatic heterocycles. The zero-order chi connectivity index (χ0) is 7.68. The third-order valence-corrected chi connectivity index (χ3v) is 3.21. The van der Waals surface area contributed by atoms with Crippen LogP contribution in [0.1, 0.15) is 32.1 Å². The Labute approximate surface area is 68.5 Å². The molecule has 2 heteroatoms. The molecule has 1 aliphatic carbocycles. The van der Waals surface area contributed by atoms with Gasteiger partial charge in [-0.15, -0.1) is 0 Å². The van der Waals surface area contributed by atoms with Crippen molar-refractivity contribution in [1.29, 1.82) is 0 Å². The molecule has 0 aromatic rings. The van der Waals surface area contributed by atoms with E-state index in [9.17, 15) is 0 Å². The van der Waals surface area contributed by atoms with E-state index in [-0.39, 0.29) is 0 Å². The van der Waals surface area contributed by atoms with Crippen LogP contribution in [0.3, 0.4) is 0 Å². The van der Waals surface area contributed by atoms with Crippen molar-refractivity contribution in [1.82, 2.24) is 5.32 Å². The van der Waals surface area contributed by atoms with Crippen molar-refractivity contribution in [2.75, 3.05) is 6.54 Å². The molecule has 64 valence electrons. The number of rotatable bonds is 2. The number of nitrogens with one attached hydrogen (secondary N) is 1. The second-order valence-electron chi connectivity index (χ2n) is 3.97. The van der Waals surface area contributed by atoms with Crippen LogP contribution in [0, 0.1) is 5.92 Å². The average molecular weight is 154 g/mol. The highest BCUT2D eigenvalue weighted by atomic mass is 15.0. The van der Waals surface area contributed by atoms with E-state index < -0.39 is 0 Å². The standard InChI is InChI=1S/C9H18N2/c10-5-4-8-6-7-2-1-3-9(7)11-8/h7-9,11H,1-6,10H2/t7-,8+,9-/m0/s1. The minimum atomic E-state index is 0.746. The van der Waals surface area contributed by atoms with E-state index in [4.69, 9.17) is 5.73 Å². The van der Waals surface area contributed by atoms with Crippen molar-refractivity contribution in [3.05, 3.63) is 0 Å². The fourth-order valence-corrected chi connectivity index (χ4v) is 2.68. The molecule has 0 amide bonds. The molecule has 2 rings (SSSR count). The summed E-state index contributed by atoms with van der Waals surface area (Å²) >= 11 is 0. The third-order valence-electron chi connectivity index (χ3n) is 3.21. The molecular formula is C9H18N2. The Morgan fingerprint density at radius 3 is 3.00 bits per heavy atom. The van der Waals surface area contributed by atoms with Crippen LogP contribution in [0.15, 0.2) is 0 Å². The summed E-state index contributed by atoms with van der Waals surface area (Å²) in [6, 6.07) is 1.60. The average Bonchev–Trinajstić information content (AvgIpc) is 2.46.